The van der Waals surface area contributed by atoms with Crippen molar-refractivity contribution in [1.29, 1.82) is 0 Å². The predicted molar refractivity (Wildman–Crippen MR) is 70.5 cm³/mol. The van der Waals surface area contributed by atoms with Crippen LogP contribution in [0.2, 0.25) is 0 Å². The largest absolute Gasteiger partial charge is 0.379 e. The molecular formula is C15H23NO. The van der Waals surface area contributed by atoms with Crippen LogP contribution in [0.5, 0.6) is 0 Å². The smallest absolute Gasteiger partial charge is 0.105 e. The van der Waals surface area contributed by atoms with Gasteiger partial charge in [0.05, 0.1) is 0 Å². The summed E-state index contributed by atoms with van der Waals surface area (Å²) in [6, 6.07) is 10.2. The molecule has 1 aliphatic carbocycles. The Balaban J connectivity index is 1.68. The van der Waals surface area contributed by atoms with Crippen molar-refractivity contribution in [3.8, 4) is 0 Å². The third-order valence-electron chi connectivity index (χ3n) is 3.67. The van der Waals surface area contributed by atoms with Crippen molar-refractivity contribution >= 4 is 0 Å². The molecule has 1 atom stereocenters. The number of benzene rings is 1. The maximum Gasteiger partial charge on any atom is 0.105 e. The quantitative estimate of drug-likeness (QED) is 0.766. The van der Waals surface area contributed by atoms with Crippen LogP contribution >= 0.6 is 0 Å². The van der Waals surface area contributed by atoms with Gasteiger partial charge in [-0.1, -0.05) is 62.4 Å². The highest BCUT2D eigenvalue weighted by Gasteiger charge is 2.16. The van der Waals surface area contributed by atoms with Crippen molar-refractivity contribution in [2.24, 2.45) is 5.92 Å². The van der Waals surface area contributed by atoms with Gasteiger partial charge in [-0.2, -0.15) is 0 Å². The monoisotopic (exact) mass is 233 g/mol. The van der Waals surface area contributed by atoms with Crippen molar-refractivity contribution in [3.63, 3.8) is 0 Å². The number of hydrogen-bond donors (Lipinski definition) is 2. The van der Waals surface area contributed by atoms with Gasteiger partial charge < -0.3 is 5.11 Å². The number of nitrogens with one attached hydrogen (secondary N) is 1. The molecule has 0 radical (unpaired) electrons. The van der Waals surface area contributed by atoms with E-state index in [0.29, 0.717) is 0 Å². The highest BCUT2D eigenvalue weighted by atomic mass is 16.3. The third-order valence-corrected chi connectivity index (χ3v) is 3.67. The van der Waals surface area contributed by atoms with Gasteiger partial charge >= 0.3 is 0 Å². The molecule has 1 unspecified atom stereocenters. The lowest BCUT2D eigenvalue weighted by atomic mass is 9.86. The average Bonchev–Trinajstić information content (AvgIpc) is 2.39. The molecule has 1 saturated carbocycles. The maximum atomic E-state index is 9.95. The molecule has 2 N–H and O–H groups in total. The third kappa shape index (κ3) is 4.49. The van der Waals surface area contributed by atoms with Crippen molar-refractivity contribution < 1.29 is 5.11 Å². The van der Waals surface area contributed by atoms with Gasteiger partial charge in [0, 0.05) is 6.54 Å². The van der Waals surface area contributed by atoms with Gasteiger partial charge in [-0.25, -0.2) is 0 Å². The first kappa shape index (κ1) is 12.6. The zero-order valence-corrected chi connectivity index (χ0v) is 10.4. The number of aliphatic hydroxyl groups excluding tert-OH is 1. The second-order valence-electron chi connectivity index (χ2n) is 5.12. The summed E-state index contributed by atoms with van der Waals surface area (Å²) in [5.74, 6) is 0.724. The molecule has 2 rings (SSSR count). The predicted octanol–water partition coefficient (Wildman–Crippen LogP) is 3.07. The molecule has 0 spiro atoms. The summed E-state index contributed by atoms with van der Waals surface area (Å²) >= 11 is 0. The Bertz CT molecular complexity index is 306. The Kier molecular flexibility index (Phi) is 5.02. The number of rotatable bonds is 5. The van der Waals surface area contributed by atoms with E-state index < -0.39 is 0 Å². The van der Waals surface area contributed by atoms with E-state index in [-0.39, 0.29) is 6.23 Å². The fourth-order valence-corrected chi connectivity index (χ4v) is 2.65. The van der Waals surface area contributed by atoms with Gasteiger partial charge in [0.2, 0.25) is 0 Å². The van der Waals surface area contributed by atoms with E-state index in [0.717, 1.165) is 18.9 Å². The first-order valence-electron chi connectivity index (χ1n) is 6.80. The summed E-state index contributed by atoms with van der Waals surface area (Å²) in [5.41, 5.74) is 1.23. The minimum atomic E-state index is -0.349. The molecule has 1 aromatic rings. The summed E-state index contributed by atoms with van der Waals surface area (Å²) in [4.78, 5) is 0. The zero-order chi connectivity index (χ0) is 11.9. The standard InChI is InChI=1S/C15H23NO/c17-15(11-13-7-3-1-4-8-13)16-12-14-9-5-2-6-10-14/h2,5-6,9-10,13,15-17H,1,3-4,7-8,11-12H2. The summed E-state index contributed by atoms with van der Waals surface area (Å²) in [7, 11) is 0. The van der Waals surface area contributed by atoms with Crippen LogP contribution in [0.15, 0.2) is 30.3 Å². The molecule has 0 aromatic heterocycles. The molecule has 0 amide bonds. The Morgan fingerprint density at radius 1 is 1.12 bits per heavy atom. The van der Waals surface area contributed by atoms with Crippen LogP contribution in [-0.4, -0.2) is 11.3 Å². The van der Waals surface area contributed by atoms with Gasteiger partial charge in [0.25, 0.3) is 0 Å². The number of aliphatic hydroxyl groups is 1. The van der Waals surface area contributed by atoms with E-state index in [2.05, 4.69) is 17.4 Å². The molecule has 94 valence electrons. The highest BCUT2D eigenvalue weighted by Crippen LogP contribution is 2.26. The molecule has 17 heavy (non-hydrogen) atoms. The van der Waals surface area contributed by atoms with E-state index in [1.165, 1.54) is 37.7 Å². The summed E-state index contributed by atoms with van der Waals surface area (Å²) < 4.78 is 0. The minimum absolute atomic E-state index is 0.349. The molecule has 1 aliphatic rings. The van der Waals surface area contributed by atoms with E-state index in [9.17, 15) is 5.11 Å². The lowest BCUT2D eigenvalue weighted by Gasteiger charge is -2.24. The summed E-state index contributed by atoms with van der Waals surface area (Å²) in [6.45, 7) is 0.759. The molecule has 1 aromatic carbocycles. The summed E-state index contributed by atoms with van der Waals surface area (Å²) in [6.07, 6.45) is 7.22. The normalized spacial score (nSPS) is 19.1. The van der Waals surface area contributed by atoms with Crippen LogP contribution in [0.3, 0.4) is 0 Å². The first-order chi connectivity index (χ1) is 8.34. The Morgan fingerprint density at radius 3 is 2.53 bits per heavy atom. The van der Waals surface area contributed by atoms with Crippen LogP contribution < -0.4 is 5.32 Å². The van der Waals surface area contributed by atoms with Crippen LogP contribution in [-0.2, 0) is 6.54 Å². The van der Waals surface area contributed by atoms with Gasteiger partial charge in [-0.15, -0.1) is 0 Å². The van der Waals surface area contributed by atoms with Crippen molar-refractivity contribution in [2.75, 3.05) is 0 Å². The fourth-order valence-electron chi connectivity index (χ4n) is 2.65. The summed E-state index contributed by atoms with van der Waals surface area (Å²) in [5, 5.41) is 13.2. The van der Waals surface area contributed by atoms with E-state index >= 15 is 0 Å². The molecule has 0 aliphatic heterocycles. The van der Waals surface area contributed by atoms with Crippen molar-refractivity contribution in [1.82, 2.24) is 5.32 Å². The molecular weight excluding hydrogens is 210 g/mol. The SMILES string of the molecule is OC(CC1CCCCC1)NCc1ccccc1. The fraction of sp³-hybridized carbons (Fsp3) is 0.600. The second-order valence-corrected chi connectivity index (χ2v) is 5.12. The zero-order valence-electron chi connectivity index (χ0n) is 10.4. The van der Waals surface area contributed by atoms with E-state index in [1.807, 2.05) is 18.2 Å². The van der Waals surface area contributed by atoms with Crippen LogP contribution in [0.1, 0.15) is 44.1 Å². The Labute approximate surface area is 104 Å². The molecule has 2 nitrogen and oxygen atoms in total. The van der Waals surface area contributed by atoms with Gasteiger partial charge in [0.15, 0.2) is 0 Å². The maximum absolute atomic E-state index is 9.95. The van der Waals surface area contributed by atoms with Crippen LogP contribution in [0.25, 0.3) is 0 Å². The second kappa shape index (κ2) is 6.77. The van der Waals surface area contributed by atoms with Gasteiger partial charge in [0.1, 0.15) is 6.23 Å². The van der Waals surface area contributed by atoms with Crippen molar-refractivity contribution in [3.05, 3.63) is 35.9 Å². The molecule has 0 heterocycles. The Morgan fingerprint density at radius 2 is 1.82 bits per heavy atom. The molecule has 0 bridgehead atoms. The van der Waals surface area contributed by atoms with E-state index in [4.69, 9.17) is 0 Å². The van der Waals surface area contributed by atoms with Crippen LogP contribution in [0, 0.1) is 5.92 Å². The number of hydrogen-bond acceptors (Lipinski definition) is 2. The van der Waals surface area contributed by atoms with Crippen molar-refractivity contribution in [2.45, 2.75) is 51.3 Å². The van der Waals surface area contributed by atoms with Crippen LogP contribution in [0.4, 0.5) is 0 Å². The molecule has 2 heteroatoms. The molecule has 1 fully saturated rings. The lowest BCUT2D eigenvalue weighted by molar-refractivity contribution is 0.0969. The average molecular weight is 233 g/mol. The molecule has 0 saturated heterocycles. The van der Waals surface area contributed by atoms with Gasteiger partial charge in [-0.05, 0) is 17.9 Å². The van der Waals surface area contributed by atoms with Gasteiger partial charge in [-0.3, -0.25) is 5.32 Å². The van der Waals surface area contributed by atoms with E-state index in [1.54, 1.807) is 0 Å². The first-order valence-corrected chi connectivity index (χ1v) is 6.80. The lowest BCUT2D eigenvalue weighted by Crippen LogP contribution is -2.30. The Hall–Kier alpha value is -0.860. The topological polar surface area (TPSA) is 32.3 Å². The minimum Gasteiger partial charge on any atom is -0.379 e. The highest BCUT2D eigenvalue weighted by molar-refractivity contribution is 5.14.